The lowest BCUT2D eigenvalue weighted by Crippen LogP contribution is -2.29. The van der Waals surface area contributed by atoms with E-state index in [4.69, 9.17) is 23.2 Å². The van der Waals surface area contributed by atoms with Gasteiger partial charge >= 0.3 is 0 Å². The van der Waals surface area contributed by atoms with Crippen LogP contribution in [0.15, 0.2) is 24.3 Å². The highest BCUT2D eigenvalue weighted by molar-refractivity contribution is 6.30. The van der Waals surface area contributed by atoms with Crippen LogP contribution in [0.2, 0.25) is 5.02 Å². The van der Waals surface area contributed by atoms with Gasteiger partial charge in [0, 0.05) is 23.2 Å². The molecule has 0 aromatic heterocycles. The van der Waals surface area contributed by atoms with E-state index in [-0.39, 0.29) is 24.1 Å². The number of hydrogen-bond donors (Lipinski definition) is 0. The second-order valence-corrected chi connectivity index (χ2v) is 6.04. The minimum Gasteiger partial charge on any atom is -0.207 e. The minimum absolute atomic E-state index is 0.0263. The molecular weight excluding hydrogens is 277 g/mol. The molecule has 0 heterocycles. The van der Waals surface area contributed by atoms with E-state index in [1.165, 1.54) is 0 Å². The molecule has 0 amide bonds. The van der Waals surface area contributed by atoms with Crippen LogP contribution >= 0.6 is 23.2 Å². The molecule has 0 bridgehead atoms. The summed E-state index contributed by atoms with van der Waals surface area (Å²) in [6.45, 7) is 0. The van der Waals surface area contributed by atoms with Crippen molar-refractivity contribution < 1.29 is 8.78 Å². The third-order valence-corrected chi connectivity index (χ3v) is 4.38. The smallest absolute Gasteiger partial charge is 0.207 e. The third kappa shape index (κ3) is 3.83. The Balaban J connectivity index is 1.89. The topological polar surface area (TPSA) is 0 Å². The zero-order valence-electron chi connectivity index (χ0n) is 10.0. The number of alkyl halides is 3. The van der Waals surface area contributed by atoms with Crippen molar-refractivity contribution in [2.75, 3.05) is 0 Å². The lowest BCUT2D eigenvalue weighted by molar-refractivity contribution is -0.0459. The van der Waals surface area contributed by atoms with E-state index in [9.17, 15) is 8.78 Å². The van der Waals surface area contributed by atoms with Crippen LogP contribution in [0.5, 0.6) is 0 Å². The Kier molecular flexibility index (Phi) is 4.50. The highest BCUT2D eigenvalue weighted by atomic mass is 35.5. The molecule has 1 atom stereocenters. The number of hydrogen-bond acceptors (Lipinski definition) is 0. The molecule has 1 unspecified atom stereocenters. The summed E-state index contributed by atoms with van der Waals surface area (Å²) in [5.41, 5.74) is 1.11. The van der Waals surface area contributed by atoms with Gasteiger partial charge in [-0.2, -0.15) is 0 Å². The molecule has 0 N–H and O–H groups in total. The van der Waals surface area contributed by atoms with Gasteiger partial charge in [0.05, 0.1) is 0 Å². The van der Waals surface area contributed by atoms with Crippen LogP contribution in [0.25, 0.3) is 0 Å². The molecule has 1 aliphatic rings. The van der Waals surface area contributed by atoms with Gasteiger partial charge in [-0.05, 0) is 42.9 Å². The van der Waals surface area contributed by atoms with Crippen LogP contribution in [-0.4, -0.2) is 11.3 Å². The maximum atomic E-state index is 13.1. The van der Waals surface area contributed by atoms with Gasteiger partial charge in [0.15, 0.2) is 0 Å². The minimum atomic E-state index is -2.48. The Hall–Kier alpha value is -0.340. The summed E-state index contributed by atoms with van der Waals surface area (Å²) in [5.74, 6) is -2.28. The molecular formula is C14H16Cl2F2. The number of rotatable bonds is 3. The predicted molar refractivity (Wildman–Crippen MR) is 71.7 cm³/mol. The third-order valence-electron chi connectivity index (χ3n) is 3.62. The van der Waals surface area contributed by atoms with Crippen molar-refractivity contribution in [3.8, 4) is 0 Å². The molecule has 1 aromatic rings. The molecule has 4 heteroatoms. The Morgan fingerprint density at radius 3 is 2.28 bits per heavy atom. The van der Waals surface area contributed by atoms with Gasteiger partial charge in [0.1, 0.15) is 0 Å². The van der Waals surface area contributed by atoms with Gasteiger partial charge in [-0.1, -0.05) is 23.7 Å². The molecule has 0 aliphatic heterocycles. The average molecular weight is 293 g/mol. The van der Waals surface area contributed by atoms with Crippen molar-refractivity contribution in [2.24, 2.45) is 5.92 Å². The molecule has 1 aliphatic carbocycles. The van der Waals surface area contributed by atoms with E-state index < -0.39 is 5.92 Å². The molecule has 0 saturated heterocycles. The summed E-state index contributed by atoms with van der Waals surface area (Å²) < 4.78 is 26.1. The SMILES string of the molecule is FC1(F)CCC(C(Cl)Cc2ccc(Cl)cc2)CC1. The Labute approximate surface area is 116 Å². The van der Waals surface area contributed by atoms with Gasteiger partial charge < -0.3 is 0 Å². The first-order valence-corrected chi connectivity index (χ1v) is 7.04. The monoisotopic (exact) mass is 292 g/mol. The van der Waals surface area contributed by atoms with E-state index in [0.717, 1.165) is 12.0 Å². The van der Waals surface area contributed by atoms with Gasteiger partial charge in [-0.15, -0.1) is 11.6 Å². The van der Waals surface area contributed by atoms with Crippen molar-refractivity contribution in [3.63, 3.8) is 0 Å². The second kappa shape index (κ2) is 5.75. The Morgan fingerprint density at radius 1 is 1.17 bits per heavy atom. The van der Waals surface area contributed by atoms with Crippen molar-refractivity contribution in [2.45, 2.75) is 43.4 Å². The van der Waals surface area contributed by atoms with E-state index >= 15 is 0 Å². The first kappa shape index (κ1) is 14.1. The van der Waals surface area contributed by atoms with Crippen molar-refractivity contribution in [1.82, 2.24) is 0 Å². The van der Waals surface area contributed by atoms with Crippen LogP contribution in [0.3, 0.4) is 0 Å². The zero-order valence-corrected chi connectivity index (χ0v) is 11.5. The van der Waals surface area contributed by atoms with Gasteiger partial charge in [-0.3, -0.25) is 0 Å². The van der Waals surface area contributed by atoms with Crippen molar-refractivity contribution in [3.05, 3.63) is 34.9 Å². The van der Waals surface area contributed by atoms with Crippen LogP contribution in [-0.2, 0) is 6.42 Å². The largest absolute Gasteiger partial charge is 0.248 e. The fourth-order valence-corrected chi connectivity index (χ4v) is 2.99. The quantitative estimate of drug-likeness (QED) is 0.662. The van der Waals surface area contributed by atoms with E-state index in [2.05, 4.69) is 0 Å². The maximum absolute atomic E-state index is 13.1. The lowest BCUT2D eigenvalue weighted by Gasteiger charge is -2.31. The summed E-state index contributed by atoms with van der Waals surface area (Å²) in [4.78, 5) is 0. The van der Waals surface area contributed by atoms with Crippen molar-refractivity contribution >= 4 is 23.2 Å². The number of halogens is 4. The average Bonchev–Trinajstić information content (AvgIpc) is 2.32. The lowest BCUT2D eigenvalue weighted by atomic mass is 9.83. The normalized spacial score (nSPS) is 21.8. The van der Waals surface area contributed by atoms with E-state index in [0.29, 0.717) is 17.9 Å². The molecule has 1 fully saturated rings. The van der Waals surface area contributed by atoms with Crippen LogP contribution in [0.1, 0.15) is 31.2 Å². The van der Waals surface area contributed by atoms with Crippen molar-refractivity contribution in [1.29, 1.82) is 0 Å². The molecule has 0 nitrogen and oxygen atoms in total. The van der Waals surface area contributed by atoms with E-state index in [1.807, 2.05) is 24.3 Å². The summed E-state index contributed by atoms with van der Waals surface area (Å²) in [7, 11) is 0. The van der Waals surface area contributed by atoms with E-state index in [1.54, 1.807) is 0 Å². The van der Waals surface area contributed by atoms with Crippen LogP contribution in [0, 0.1) is 5.92 Å². The zero-order chi connectivity index (χ0) is 13.2. The van der Waals surface area contributed by atoms with Crippen LogP contribution in [0.4, 0.5) is 8.78 Å². The fraction of sp³-hybridized carbons (Fsp3) is 0.571. The molecule has 0 radical (unpaired) electrons. The summed E-state index contributed by atoms with van der Waals surface area (Å²) in [6.07, 6.45) is 1.71. The molecule has 100 valence electrons. The summed E-state index contributed by atoms with van der Waals surface area (Å²) in [5, 5.41) is 0.629. The maximum Gasteiger partial charge on any atom is 0.248 e. The molecule has 0 spiro atoms. The Bertz CT molecular complexity index is 379. The first-order valence-electron chi connectivity index (χ1n) is 6.23. The Morgan fingerprint density at radius 2 is 1.72 bits per heavy atom. The molecule has 2 rings (SSSR count). The highest BCUT2D eigenvalue weighted by Crippen LogP contribution is 2.39. The van der Waals surface area contributed by atoms with Gasteiger partial charge in [0.2, 0.25) is 5.92 Å². The second-order valence-electron chi connectivity index (χ2n) is 5.04. The fourth-order valence-electron chi connectivity index (χ4n) is 2.44. The predicted octanol–water partition coefficient (Wildman–Crippen LogP) is 5.32. The first-order chi connectivity index (χ1) is 8.46. The summed E-state index contributed by atoms with van der Waals surface area (Å²) in [6, 6.07) is 7.54. The number of benzene rings is 1. The van der Waals surface area contributed by atoms with Gasteiger partial charge in [-0.25, -0.2) is 8.78 Å². The summed E-state index contributed by atoms with van der Waals surface area (Å²) >= 11 is 12.2. The molecule has 1 aromatic carbocycles. The van der Waals surface area contributed by atoms with Crippen LogP contribution < -0.4 is 0 Å². The standard InChI is InChI=1S/C14H16Cl2F2/c15-12-3-1-10(2-4-12)9-13(16)11-5-7-14(17,18)8-6-11/h1-4,11,13H,5-9H2. The highest BCUT2D eigenvalue weighted by Gasteiger charge is 2.37. The van der Waals surface area contributed by atoms with Gasteiger partial charge in [0.25, 0.3) is 0 Å². The molecule has 1 saturated carbocycles. The molecule has 18 heavy (non-hydrogen) atoms.